The van der Waals surface area contributed by atoms with Crippen LogP contribution in [0.15, 0.2) is 0 Å². The van der Waals surface area contributed by atoms with Gasteiger partial charge in [0.05, 0.1) is 7.11 Å². The molecule has 0 radical (unpaired) electrons. The zero-order valence-corrected chi connectivity index (χ0v) is 14.4. The average Bonchev–Trinajstić information content (AvgIpc) is 2.81. The summed E-state index contributed by atoms with van der Waals surface area (Å²) in [5, 5.41) is 3.72. The topological polar surface area (TPSA) is 41.6 Å². The van der Waals surface area contributed by atoms with Crippen molar-refractivity contribution < 1.29 is 9.53 Å². The minimum absolute atomic E-state index is 0.0468. The molecule has 1 saturated carbocycles. The first kappa shape index (κ1) is 18.4. The maximum atomic E-state index is 11.6. The quantitative estimate of drug-likeness (QED) is 0.497. The largest absolute Gasteiger partial charge is 0.469 e. The predicted molar refractivity (Wildman–Crippen MR) is 87.3 cm³/mol. The number of likely N-dealkylation sites (N-methyl/N-ethyl adjacent to an activating group) is 1. The van der Waals surface area contributed by atoms with Gasteiger partial charge in [0.1, 0.15) is 0 Å². The lowest BCUT2D eigenvalue weighted by molar-refractivity contribution is -0.142. The van der Waals surface area contributed by atoms with Crippen LogP contribution in [0.2, 0.25) is 0 Å². The monoisotopic (exact) mass is 298 g/mol. The molecular weight excluding hydrogens is 264 g/mol. The Morgan fingerprint density at radius 1 is 1.29 bits per heavy atom. The summed E-state index contributed by atoms with van der Waals surface area (Å²) in [7, 11) is 5.71. The minimum Gasteiger partial charge on any atom is -0.469 e. The van der Waals surface area contributed by atoms with Crippen molar-refractivity contribution in [3.05, 3.63) is 0 Å². The standard InChI is InChI=1S/C17H34N2O2/c1-5-6-7-8-15-14(13-17(20)21-4)9-10-16(15)18-11-12-19(2)3/h14-16,18H,5-13H2,1-4H3/t14-,15-,16+/m1/s1. The number of methoxy groups -OCH3 is 1. The second kappa shape index (κ2) is 10.2. The first-order valence-corrected chi connectivity index (χ1v) is 8.53. The maximum absolute atomic E-state index is 11.6. The third kappa shape index (κ3) is 6.79. The SMILES string of the molecule is CCCCC[C@@H]1[C@@H](CC(=O)OC)CC[C@@H]1NCCN(C)C. The molecule has 1 N–H and O–H groups in total. The Morgan fingerprint density at radius 3 is 2.67 bits per heavy atom. The number of nitrogens with one attached hydrogen (secondary N) is 1. The van der Waals surface area contributed by atoms with Gasteiger partial charge in [-0.25, -0.2) is 0 Å². The zero-order chi connectivity index (χ0) is 15.7. The number of hydrogen-bond acceptors (Lipinski definition) is 4. The van der Waals surface area contributed by atoms with E-state index in [4.69, 9.17) is 4.74 Å². The lowest BCUT2D eigenvalue weighted by Crippen LogP contribution is -2.38. The number of carbonyl (C=O) groups excluding carboxylic acids is 1. The molecule has 0 unspecified atom stereocenters. The minimum atomic E-state index is -0.0468. The van der Waals surface area contributed by atoms with Crippen molar-refractivity contribution >= 4 is 5.97 Å². The lowest BCUT2D eigenvalue weighted by Gasteiger charge is -2.26. The lowest BCUT2D eigenvalue weighted by atomic mass is 9.86. The van der Waals surface area contributed by atoms with E-state index in [-0.39, 0.29) is 5.97 Å². The zero-order valence-electron chi connectivity index (χ0n) is 14.4. The Kier molecular flexibility index (Phi) is 8.93. The molecule has 0 heterocycles. The van der Waals surface area contributed by atoms with E-state index in [1.165, 1.54) is 39.2 Å². The van der Waals surface area contributed by atoms with E-state index >= 15 is 0 Å². The fraction of sp³-hybridized carbons (Fsp3) is 0.941. The highest BCUT2D eigenvalue weighted by Gasteiger charge is 2.36. The van der Waals surface area contributed by atoms with Gasteiger partial charge < -0.3 is 15.0 Å². The molecule has 1 aliphatic carbocycles. The molecule has 0 bridgehead atoms. The second-order valence-electron chi connectivity index (χ2n) is 6.64. The number of nitrogens with zero attached hydrogens (tertiary/aromatic N) is 1. The van der Waals surface area contributed by atoms with Crippen LogP contribution in [0.5, 0.6) is 0 Å². The van der Waals surface area contributed by atoms with Gasteiger partial charge in [-0.2, -0.15) is 0 Å². The van der Waals surface area contributed by atoms with E-state index in [0.717, 1.165) is 19.5 Å². The van der Waals surface area contributed by atoms with Crippen LogP contribution in [0.1, 0.15) is 51.9 Å². The molecular formula is C17H34N2O2. The fourth-order valence-corrected chi connectivity index (χ4v) is 3.50. The van der Waals surface area contributed by atoms with Crippen molar-refractivity contribution in [1.82, 2.24) is 10.2 Å². The average molecular weight is 298 g/mol. The highest BCUT2D eigenvalue weighted by Crippen LogP contribution is 2.38. The molecule has 21 heavy (non-hydrogen) atoms. The van der Waals surface area contributed by atoms with Gasteiger partial charge in [-0.15, -0.1) is 0 Å². The molecule has 4 heteroatoms. The molecule has 4 nitrogen and oxygen atoms in total. The van der Waals surface area contributed by atoms with E-state index in [0.29, 0.717) is 24.3 Å². The van der Waals surface area contributed by atoms with Gasteiger partial charge in [-0.3, -0.25) is 4.79 Å². The Hall–Kier alpha value is -0.610. The van der Waals surface area contributed by atoms with Gasteiger partial charge >= 0.3 is 5.97 Å². The Labute approximate surface area is 130 Å². The normalized spacial score (nSPS) is 25.5. The predicted octanol–water partition coefficient (Wildman–Crippen LogP) is 2.68. The summed E-state index contributed by atoms with van der Waals surface area (Å²) in [6, 6.07) is 0.580. The van der Waals surface area contributed by atoms with Crippen molar-refractivity contribution in [2.75, 3.05) is 34.3 Å². The molecule has 124 valence electrons. The van der Waals surface area contributed by atoms with Gasteiger partial charge in [0.2, 0.25) is 0 Å². The van der Waals surface area contributed by atoms with Gasteiger partial charge in [0.15, 0.2) is 0 Å². The van der Waals surface area contributed by atoms with Crippen LogP contribution in [0, 0.1) is 11.8 Å². The van der Waals surface area contributed by atoms with Gasteiger partial charge in [-0.1, -0.05) is 26.2 Å². The molecule has 0 spiro atoms. The van der Waals surface area contributed by atoms with Crippen molar-refractivity contribution in [3.63, 3.8) is 0 Å². The van der Waals surface area contributed by atoms with Crippen LogP contribution in [-0.4, -0.2) is 51.2 Å². The summed E-state index contributed by atoms with van der Waals surface area (Å²) >= 11 is 0. The Morgan fingerprint density at radius 2 is 2.05 bits per heavy atom. The van der Waals surface area contributed by atoms with E-state index < -0.39 is 0 Å². The molecule has 0 saturated heterocycles. The molecule has 0 aromatic rings. The summed E-state index contributed by atoms with van der Waals surface area (Å²) in [6.45, 7) is 4.35. The molecule has 0 aromatic carbocycles. The third-order valence-electron chi connectivity index (χ3n) is 4.73. The summed E-state index contributed by atoms with van der Waals surface area (Å²) in [5.41, 5.74) is 0. The fourth-order valence-electron chi connectivity index (χ4n) is 3.50. The number of esters is 1. The molecule has 0 amide bonds. The Bertz CT molecular complexity index is 295. The third-order valence-corrected chi connectivity index (χ3v) is 4.73. The van der Waals surface area contributed by atoms with Crippen molar-refractivity contribution in [3.8, 4) is 0 Å². The van der Waals surface area contributed by atoms with Crippen LogP contribution in [0.25, 0.3) is 0 Å². The number of hydrogen-bond donors (Lipinski definition) is 1. The van der Waals surface area contributed by atoms with Crippen molar-refractivity contribution in [2.24, 2.45) is 11.8 Å². The number of unbranched alkanes of at least 4 members (excludes halogenated alkanes) is 2. The van der Waals surface area contributed by atoms with E-state index in [2.05, 4.69) is 31.2 Å². The number of rotatable bonds is 10. The Balaban J connectivity index is 2.49. The van der Waals surface area contributed by atoms with E-state index in [9.17, 15) is 4.79 Å². The van der Waals surface area contributed by atoms with Gasteiger partial charge in [-0.05, 0) is 45.2 Å². The second-order valence-corrected chi connectivity index (χ2v) is 6.64. The summed E-state index contributed by atoms with van der Waals surface area (Å²) < 4.78 is 4.87. The van der Waals surface area contributed by atoms with Crippen LogP contribution < -0.4 is 5.32 Å². The summed E-state index contributed by atoms with van der Waals surface area (Å²) in [6.07, 6.45) is 8.04. The van der Waals surface area contributed by atoms with E-state index in [1.807, 2.05) is 0 Å². The summed E-state index contributed by atoms with van der Waals surface area (Å²) in [5.74, 6) is 1.10. The highest BCUT2D eigenvalue weighted by atomic mass is 16.5. The first-order valence-electron chi connectivity index (χ1n) is 8.53. The first-order chi connectivity index (χ1) is 10.1. The van der Waals surface area contributed by atoms with Crippen molar-refractivity contribution in [2.45, 2.75) is 57.9 Å². The van der Waals surface area contributed by atoms with Gasteiger partial charge in [0, 0.05) is 25.6 Å². The smallest absolute Gasteiger partial charge is 0.305 e. The molecule has 3 atom stereocenters. The van der Waals surface area contributed by atoms with Crippen LogP contribution in [0.4, 0.5) is 0 Å². The molecule has 1 fully saturated rings. The van der Waals surface area contributed by atoms with Gasteiger partial charge in [0.25, 0.3) is 0 Å². The molecule has 1 rings (SSSR count). The molecule has 1 aliphatic rings. The molecule has 0 aliphatic heterocycles. The maximum Gasteiger partial charge on any atom is 0.305 e. The highest BCUT2D eigenvalue weighted by molar-refractivity contribution is 5.69. The number of ether oxygens (including phenoxy) is 1. The van der Waals surface area contributed by atoms with Crippen LogP contribution in [-0.2, 0) is 9.53 Å². The van der Waals surface area contributed by atoms with E-state index in [1.54, 1.807) is 0 Å². The van der Waals surface area contributed by atoms with Crippen LogP contribution in [0.3, 0.4) is 0 Å². The van der Waals surface area contributed by atoms with Crippen LogP contribution >= 0.6 is 0 Å². The molecule has 0 aromatic heterocycles. The number of carbonyl (C=O) groups is 1. The summed E-state index contributed by atoms with van der Waals surface area (Å²) in [4.78, 5) is 13.8. The van der Waals surface area contributed by atoms with Crippen molar-refractivity contribution in [1.29, 1.82) is 0 Å².